The van der Waals surface area contributed by atoms with Gasteiger partial charge in [0.15, 0.2) is 11.6 Å². The minimum Gasteiger partial charge on any atom is -0.494 e. The predicted octanol–water partition coefficient (Wildman–Crippen LogP) is 3.57. The summed E-state index contributed by atoms with van der Waals surface area (Å²) in [6.07, 6.45) is 0.614. The van der Waals surface area contributed by atoms with Gasteiger partial charge in [0.25, 0.3) is 5.56 Å². The Morgan fingerprint density at radius 1 is 1.13 bits per heavy atom. The molecular weight excluding hydrogens is 539 g/mol. The van der Waals surface area contributed by atoms with E-state index in [1.807, 2.05) is 0 Å². The minimum absolute atomic E-state index is 0.0805. The number of halogens is 2. The van der Waals surface area contributed by atoms with Crippen molar-refractivity contribution in [3.8, 4) is 16.9 Å². The maximum absolute atomic E-state index is 14.1. The number of methoxy groups -OCH3 is 1. The molecule has 0 bridgehead atoms. The molecule has 0 aliphatic heterocycles. The number of rotatable bonds is 9. The number of hydrogen-bond donors (Lipinski definition) is 1. The van der Waals surface area contributed by atoms with Gasteiger partial charge in [-0.15, -0.1) is 5.10 Å². The molecule has 1 heterocycles. The fourth-order valence-corrected chi connectivity index (χ4v) is 5.36. The number of aliphatic carboxylic acids is 1. The van der Waals surface area contributed by atoms with Gasteiger partial charge in [0.05, 0.1) is 24.4 Å². The lowest BCUT2D eigenvalue weighted by Crippen LogP contribution is -2.46. The smallest absolute Gasteiger partial charge is 0.327 e. The van der Waals surface area contributed by atoms with E-state index in [4.69, 9.17) is 16.3 Å². The summed E-state index contributed by atoms with van der Waals surface area (Å²) < 4.78 is 46.3. The van der Waals surface area contributed by atoms with E-state index in [1.54, 1.807) is 18.2 Å². The zero-order chi connectivity index (χ0) is 27.6. The van der Waals surface area contributed by atoms with Gasteiger partial charge >= 0.3 is 5.97 Å². The van der Waals surface area contributed by atoms with Gasteiger partial charge in [-0.1, -0.05) is 35.0 Å². The molecule has 13 heteroatoms. The van der Waals surface area contributed by atoms with Gasteiger partial charge in [0.2, 0.25) is 10.0 Å². The fourth-order valence-electron chi connectivity index (χ4n) is 4.03. The van der Waals surface area contributed by atoms with Crippen molar-refractivity contribution < 1.29 is 27.4 Å². The lowest BCUT2D eigenvalue weighted by Gasteiger charge is -2.29. The highest BCUT2D eigenvalue weighted by Gasteiger charge is 2.33. The van der Waals surface area contributed by atoms with Crippen molar-refractivity contribution in [3.05, 3.63) is 81.9 Å². The Morgan fingerprint density at radius 2 is 1.82 bits per heavy atom. The molecule has 0 radical (unpaired) electrons. The molecule has 0 aliphatic rings. The normalized spacial score (nSPS) is 12.3. The van der Waals surface area contributed by atoms with E-state index in [2.05, 4.69) is 10.3 Å². The number of carboxylic acid groups (broad SMARTS) is 1. The Labute approximate surface area is 221 Å². The van der Waals surface area contributed by atoms with E-state index in [-0.39, 0.29) is 35.3 Å². The van der Waals surface area contributed by atoms with Crippen molar-refractivity contribution >= 4 is 44.2 Å². The van der Waals surface area contributed by atoms with Gasteiger partial charge in [-0.2, -0.15) is 0 Å². The van der Waals surface area contributed by atoms with Crippen LogP contribution in [-0.2, 0) is 21.4 Å². The zero-order valence-corrected chi connectivity index (χ0v) is 21.8. The van der Waals surface area contributed by atoms with E-state index in [9.17, 15) is 27.5 Å². The molecule has 10 nitrogen and oxygen atoms in total. The van der Waals surface area contributed by atoms with Crippen LogP contribution in [-0.4, -0.2) is 53.9 Å². The number of nitrogens with zero attached hydrogens (tertiary/aromatic N) is 4. The molecule has 3 aromatic carbocycles. The van der Waals surface area contributed by atoms with E-state index >= 15 is 0 Å². The van der Waals surface area contributed by atoms with Crippen molar-refractivity contribution in [2.75, 3.05) is 17.7 Å². The summed E-state index contributed by atoms with van der Waals surface area (Å²) in [5, 5.41) is 18.3. The number of aryl methyl sites for hydroxylation is 1. The molecule has 0 fully saturated rings. The Morgan fingerprint density at radius 3 is 2.42 bits per heavy atom. The van der Waals surface area contributed by atoms with E-state index in [0.717, 1.165) is 15.2 Å². The van der Waals surface area contributed by atoms with Crippen molar-refractivity contribution in [2.24, 2.45) is 0 Å². The Hall–Kier alpha value is -4.03. The van der Waals surface area contributed by atoms with Crippen LogP contribution < -0.4 is 14.6 Å². The first kappa shape index (κ1) is 27.0. The number of sulfonamides is 1. The van der Waals surface area contributed by atoms with Gasteiger partial charge in [0.1, 0.15) is 11.6 Å². The SMILES string of the molecule is COc1ccc(-c2ccc(N([C@H](CCn3nnc4cc(Cl)ccc4c3=O)C(=O)O)S(C)(=O)=O)cc2)cc1F. The second kappa shape index (κ2) is 10.8. The van der Waals surface area contributed by atoms with Gasteiger partial charge in [-0.05, 0) is 60.0 Å². The summed E-state index contributed by atoms with van der Waals surface area (Å²) in [4.78, 5) is 25.0. The van der Waals surface area contributed by atoms with Gasteiger partial charge < -0.3 is 9.84 Å². The number of fused-ring (bicyclic) bond motifs is 1. The Kier molecular flexibility index (Phi) is 7.65. The van der Waals surface area contributed by atoms with Crippen LogP contribution >= 0.6 is 11.6 Å². The van der Waals surface area contributed by atoms with Crippen LogP contribution in [0, 0.1) is 5.82 Å². The number of aromatic nitrogens is 3. The molecule has 4 rings (SSSR count). The summed E-state index contributed by atoms with van der Waals surface area (Å²) in [5.41, 5.74) is 0.949. The second-order valence-electron chi connectivity index (χ2n) is 8.38. The zero-order valence-electron chi connectivity index (χ0n) is 20.2. The lowest BCUT2D eigenvalue weighted by atomic mass is 10.0. The van der Waals surface area contributed by atoms with Crippen molar-refractivity contribution in [2.45, 2.75) is 19.0 Å². The third-order valence-corrected chi connectivity index (χ3v) is 7.25. The number of carboxylic acids is 1. The first-order chi connectivity index (χ1) is 18.0. The summed E-state index contributed by atoms with van der Waals surface area (Å²) in [6, 6.07) is 13.3. The van der Waals surface area contributed by atoms with Crippen molar-refractivity contribution in [3.63, 3.8) is 0 Å². The molecule has 1 atom stereocenters. The van der Waals surface area contributed by atoms with Crippen LogP contribution in [0.2, 0.25) is 5.02 Å². The highest BCUT2D eigenvalue weighted by molar-refractivity contribution is 7.92. The van der Waals surface area contributed by atoms with Crippen LogP contribution in [0.1, 0.15) is 6.42 Å². The van der Waals surface area contributed by atoms with Crippen molar-refractivity contribution in [1.82, 2.24) is 15.0 Å². The molecule has 198 valence electrons. The minimum atomic E-state index is -4.07. The predicted molar refractivity (Wildman–Crippen MR) is 141 cm³/mol. The van der Waals surface area contributed by atoms with Gasteiger partial charge in [0, 0.05) is 11.6 Å². The summed E-state index contributed by atoms with van der Waals surface area (Å²) in [5.74, 6) is -1.89. The molecular formula is C25H22ClFN4O6S. The molecule has 4 aromatic rings. The molecule has 0 saturated carbocycles. The number of ether oxygens (including phenoxy) is 1. The third-order valence-electron chi connectivity index (χ3n) is 5.83. The molecule has 0 amide bonds. The number of anilines is 1. The molecule has 38 heavy (non-hydrogen) atoms. The van der Waals surface area contributed by atoms with Crippen LogP contribution in [0.25, 0.3) is 22.0 Å². The lowest BCUT2D eigenvalue weighted by molar-refractivity contribution is -0.138. The summed E-state index contributed by atoms with van der Waals surface area (Å²) in [6.45, 7) is -0.212. The van der Waals surface area contributed by atoms with Crippen LogP contribution in [0.4, 0.5) is 10.1 Å². The standard InChI is InChI=1S/C25H22ClFN4O6S/c1-37-23-10-5-16(13-20(23)27)15-3-7-18(8-4-15)31(38(2,35)36)22(25(33)34)11-12-30-24(32)19-9-6-17(26)14-21(19)28-29-30/h3-10,13-14,22H,11-12H2,1-2H3,(H,33,34)/t22-/m1/s1. The van der Waals surface area contributed by atoms with Crippen LogP contribution in [0.3, 0.4) is 0 Å². The quantitative estimate of drug-likeness (QED) is 0.329. The monoisotopic (exact) mass is 560 g/mol. The maximum Gasteiger partial charge on any atom is 0.327 e. The average Bonchev–Trinajstić information content (AvgIpc) is 2.86. The van der Waals surface area contributed by atoms with Crippen LogP contribution in [0.5, 0.6) is 5.75 Å². The molecule has 0 saturated heterocycles. The average molecular weight is 561 g/mol. The first-order valence-electron chi connectivity index (χ1n) is 11.2. The first-order valence-corrected chi connectivity index (χ1v) is 13.4. The highest BCUT2D eigenvalue weighted by atomic mass is 35.5. The topological polar surface area (TPSA) is 132 Å². The molecule has 1 aromatic heterocycles. The Bertz CT molecular complexity index is 1680. The molecule has 0 unspecified atom stereocenters. The maximum atomic E-state index is 14.1. The van der Waals surface area contributed by atoms with Crippen LogP contribution in [0.15, 0.2) is 65.5 Å². The molecule has 1 N–H and O–H groups in total. The fraction of sp³-hybridized carbons (Fsp3) is 0.200. The summed E-state index contributed by atoms with van der Waals surface area (Å²) >= 11 is 5.92. The second-order valence-corrected chi connectivity index (χ2v) is 10.7. The highest BCUT2D eigenvalue weighted by Crippen LogP contribution is 2.29. The third kappa shape index (κ3) is 5.60. The molecule has 0 spiro atoms. The van der Waals surface area contributed by atoms with E-state index in [0.29, 0.717) is 16.1 Å². The van der Waals surface area contributed by atoms with Gasteiger partial charge in [-0.25, -0.2) is 22.3 Å². The summed E-state index contributed by atoms with van der Waals surface area (Å²) in [7, 11) is -2.72. The largest absolute Gasteiger partial charge is 0.494 e. The van der Waals surface area contributed by atoms with E-state index < -0.39 is 33.4 Å². The number of carbonyl (C=O) groups is 1. The van der Waals surface area contributed by atoms with E-state index in [1.165, 1.54) is 49.6 Å². The van der Waals surface area contributed by atoms with Crippen molar-refractivity contribution in [1.29, 1.82) is 0 Å². The number of hydrogen-bond acceptors (Lipinski definition) is 7. The Balaban J connectivity index is 1.64. The number of benzene rings is 3. The molecule has 0 aliphatic carbocycles. The van der Waals surface area contributed by atoms with Gasteiger partial charge in [-0.3, -0.25) is 9.10 Å².